The van der Waals surface area contributed by atoms with Gasteiger partial charge in [0.05, 0.1) is 11.1 Å². The Labute approximate surface area is 165 Å². The third-order valence-corrected chi connectivity index (χ3v) is 3.42. The van der Waals surface area contributed by atoms with Crippen LogP contribution < -0.4 is 10.6 Å². The van der Waals surface area contributed by atoms with Gasteiger partial charge in [0.1, 0.15) is 0 Å². The van der Waals surface area contributed by atoms with Gasteiger partial charge in [0.25, 0.3) is 11.8 Å². The van der Waals surface area contributed by atoms with Crippen LogP contribution >= 0.6 is 0 Å². The third-order valence-electron chi connectivity index (χ3n) is 3.42. The molecule has 0 heterocycles. The van der Waals surface area contributed by atoms with Crippen molar-refractivity contribution < 1.29 is 28.7 Å². The summed E-state index contributed by atoms with van der Waals surface area (Å²) in [6.45, 7) is 7.96. The molecule has 0 atom stereocenters. The van der Waals surface area contributed by atoms with E-state index >= 15 is 0 Å². The van der Waals surface area contributed by atoms with Crippen LogP contribution in [0.2, 0.25) is 0 Å². The highest BCUT2D eigenvalue weighted by Crippen LogP contribution is 2.08. The molecule has 0 aliphatic carbocycles. The van der Waals surface area contributed by atoms with Crippen molar-refractivity contribution in [1.82, 2.24) is 10.6 Å². The molecule has 1 rings (SSSR count). The molecule has 0 aromatic heterocycles. The second-order valence-corrected chi connectivity index (χ2v) is 7.13. The summed E-state index contributed by atoms with van der Waals surface area (Å²) < 4.78 is 9.88. The number of hydrogen-bond acceptors (Lipinski definition) is 6. The minimum absolute atomic E-state index is 0.107. The molecular formula is C20H28N2O6. The predicted molar refractivity (Wildman–Crippen MR) is 103 cm³/mol. The van der Waals surface area contributed by atoms with Crippen molar-refractivity contribution in [2.24, 2.45) is 11.8 Å². The lowest BCUT2D eigenvalue weighted by atomic mass is 10.1. The average molecular weight is 392 g/mol. The summed E-state index contributed by atoms with van der Waals surface area (Å²) in [6.07, 6.45) is 0. The van der Waals surface area contributed by atoms with Gasteiger partial charge in [-0.3, -0.25) is 9.59 Å². The highest BCUT2D eigenvalue weighted by molar-refractivity contribution is 5.96. The van der Waals surface area contributed by atoms with Gasteiger partial charge in [0, 0.05) is 13.1 Å². The summed E-state index contributed by atoms with van der Waals surface area (Å²) in [4.78, 5) is 47.3. The first-order valence-electron chi connectivity index (χ1n) is 9.16. The number of nitrogens with one attached hydrogen (secondary N) is 2. The SMILES string of the molecule is CC(C)CNC(=O)COC(=O)c1cccc(C(=O)OCC(=O)NCC(C)C)c1. The molecule has 8 heteroatoms. The largest absolute Gasteiger partial charge is 0.452 e. The van der Waals surface area contributed by atoms with Crippen molar-refractivity contribution in [2.75, 3.05) is 26.3 Å². The third kappa shape index (κ3) is 9.16. The van der Waals surface area contributed by atoms with E-state index in [0.29, 0.717) is 13.1 Å². The van der Waals surface area contributed by atoms with Crippen LogP contribution in [0.25, 0.3) is 0 Å². The maximum absolute atomic E-state index is 12.1. The monoisotopic (exact) mass is 392 g/mol. The van der Waals surface area contributed by atoms with Crippen LogP contribution in [-0.4, -0.2) is 50.1 Å². The summed E-state index contributed by atoms with van der Waals surface area (Å²) in [6, 6.07) is 5.70. The fourth-order valence-electron chi connectivity index (χ4n) is 1.94. The maximum Gasteiger partial charge on any atom is 0.338 e. The van der Waals surface area contributed by atoms with Crippen LogP contribution in [0.5, 0.6) is 0 Å². The van der Waals surface area contributed by atoms with Crippen molar-refractivity contribution >= 4 is 23.8 Å². The molecule has 0 spiro atoms. The molecule has 0 aliphatic rings. The zero-order valence-corrected chi connectivity index (χ0v) is 16.7. The van der Waals surface area contributed by atoms with Crippen LogP contribution in [0.3, 0.4) is 0 Å². The van der Waals surface area contributed by atoms with Gasteiger partial charge in [-0.1, -0.05) is 33.8 Å². The van der Waals surface area contributed by atoms with Gasteiger partial charge >= 0.3 is 11.9 Å². The van der Waals surface area contributed by atoms with Crippen molar-refractivity contribution in [1.29, 1.82) is 0 Å². The number of hydrogen-bond donors (Lipinski definition) is 2. The van der Waals surface area contributed by atoms with E-state index in [-0.39, 0.29) is 23.0 Å². The van der Waals surface area contributed by atoms with E-state index in [2.05, 4.69) is 10.6 Å². The van der Waals surface area contributed by atoms with Gasteiger partial charge in [-0.2, -0.15) is 0 Å². The lowest BCUT2D eigenvalue weighted by molar-refractivity contribution is -0.125. The minimum atomic E-state index is -0.732. The molecule has 154 valence electrons. The van der Waals surface area contributed by atoms with E-state index in [1.165, 1.54) is 24.3 Å². The molecule has 1 aromatic rings. The predicted octanol–water partition coefficient (Wildman–Crippen LogP) is 1.54. The van der Waals surface area contributed by atoms with Gasteiger partial charge in [-0.15, -0.1) is 0 Å². The van der Waals surface area contributed by atoms with E-state index in [4.69, 9.17) is 9.47 Å². The zero-order valence-electron chi connectivity index (χ0n) is 16.7. The summed E-state index contributed by atoms with van der Waals surface area (Å²) >= 11 is 0. The topological polar surface area (TPSA) is 111 Å². The van der Waals surface area contributed by atoms with Crippen LogP contribution in [0.4, 0.5) is 0 Å². The molecule has 2 amide bonds. The van der Waals surface area contributed by atoms with E-state index < -0.39 is 37.0 Å². The number of esters is 2. The summed E-state index contributed by atoms with van der Waals surface area (Å²) in [5.74, 6) is -1.69. The fraction of sp³-hybridized carbons (Fsp3) is 0.500. The van der Waals surface area contributed by atoms with Crippen molar-refractivity contribution in [3.63, 3.8) is 0 Å². The first-order valence-corrected chi connectivity index (χ1v) is 9.16. The number of carbonyl (C=O) groups excluding carboxylic acids is 4. The van der Waals surface area contributed by atoms with Crippen LogP contribution in [-0.2, 0) is 19.1 Å². The van der Waals surface area contributed by atoms with Gasteiger partial charge < -0.3 is 20.1 Å². The highest BCUT2D eigenvalue weighted by Gasteiger charge is 2.15. The molecule has 0 unspecified atom stereocenters. The smallest absolute Gasteiger partial charge is 0.338 e. The van der Waals surface area contributed by atoms with Gasteiger partial charge in [0.15, 0.2) is 13.2 Å². The Morgan fingerprint density at radius 1 is 0.786 bits per heavy atom. The average Bonchev–Trinajstić information content (AvgIpc) is 2.66. The van der Waals surface area contributed by atoms with Gasteiger partial charge in [0.2, 0.25) is 0 Å². The lowest BCUT2D eigenvalue weighted by Gasteiger charge is -2.09. The molecule has 8 nitrogen and oxygen atoms in total. The molecular weight excluding hydrogens is 364 g/mol. The lowest BCUT2D eigenvalue weighted by Crippen LogP contribution is -2.31. The molecule has 0 saturated carbocycles. The highest BCUT2D eigenvalue weighted by atomic mass is 16.5. The number of ether oxygens (including phenoxy) is 2. The van der Waals surface area contributed by atoms with Crippen LogP contribution in [0.1, 0.15) is 48.4 Å². The standard InChI is InChI=1S/C20H28N2O6/c1-13(2)9-21-17(23)11-27-19(25)15-6-5-7-16(8-15)20(26)28-12-18(24)22-10-14(3)4/h5-8,13-14H,9-12H2,1-4H3,(H,21,23)(H,22,24). The molecule has 0 fully saturated rings. The number of rotatable bonds is 10. The summed E-state index contributed by atoms with van der Waals surface area (Å²) in [7, 11) is 0. The molecule has 0 bridgehead atoms. The summed E-state index contributed by atoms with van der Waals surface area (Å²) in [5, 5.41) is 5.27. The Morgan fingerprint density at radius 3 is 1.54 bits per heavy atom. The zero-order chi connectivity index (χ0) is 21.1. The Bertz CT molecular complexity index is 644. The second kappa shape index (κ2) is 11.7. The number of benzene rings is 1. The molecule has 2 N–H and O–H groups in total. The quantitative estimate of drug-likeness (QED) is 0.585. The van der Waals surface area contributed by atoms with Crippen molar-refractivity contribution in [3.8, 4) is 0 Å². The van der Waals surface area contributed by atoms with Crippen LogP contribution in [0.15, 0.2) is 24.3 Å². The number of amides is 2. The van der Waals surface area contributed by atoms with Crippen LogP contribution in [0, 0.1) is 11.8 Å². The van der Waals surface area contributed by atoms with Crippen molar-refractivity contribution in [2.45, 2.75) is 27.7 Å². The van der Waals surface area contributed by atoms with E-state index in [1.54, 1.807) is 0 Å². The second-order valence-electron chi connectivity index (χ2n) is 7.13. The molecule has 0 aliphatic heterocycles. The maximum atomic E-state index is 12.1. The molecule has 0 radical (unpaired) electrons. The van der Waals surface area contributed by atoms with Gasteiger partial charge in [-0.05, 0) is 30.0 Å². The Kier molecular flexibility index (Phi) is 9.70. The Hall–Kier alpha value is -2.90. The fourth-order valence-corrected chi connectivity index (χ4v) is 1.94. The summed E-state index contributed by atoms with van der Waals surface area (Å²) in [5.41, 5.74) is 0.214. The van der Waals surface area contributed by atoms with E-state index in [1.807, 2.05) is 27.7 Å². The Balaban J connectivity index is 2.53. The minimum Gasteiger partial charge on any atom is -0.452 e. The Morgan fingerprint density at radius 2 is 1.18 bits per heavy atom. The molecule has 28 heavy (non-hydrogen) atoms. The molecule has 0 saturated heterocycles. The van der Waals surface area contributed by atoms with Gasteiger partial charge in [-0.25, -0.2) is 9.59 Å². The van der Waals surface area contributed by atoms with Crippen molar-refractivity contribution in [3.05, 3.63) is 35.4 Å². The first-order chi connectivity index (χ1) is 13.2. The number of carbonyl (C=O) groups is 4. The molecule has 1 aromatic carbocycles. The van der Waals surface area contributed by atoms with E-state index in [9.17, 15) is 19.2 Å². The normalized spacial score (nSPS) is 10.5. The van der Waals surface area contributed by atoms with E-state index in [0.717, 1.165) is 0 Å². The first kappa shape index (κ1) is 23.1.